The first-order valence-corrected chi connectivity index (χ1v) is 7.82. The zero-order valence-electron chi connectivity index (χ0n) is 12.0. The van der Waals surface area contributed by atoms with Crippen molar-refractivity contribution < 1.29 is 10.2 Å². The van der Waals surface area contributed by atoms with E-state index in [0.29, 0.717) is 29.6 Å². The van der Waals surface area contributed by atoms with Gasteiger partial charge in [0, 0.05) is 0 Å². The molecule has 0 bridgehead atoms. The van der Waals surface area contributed by atoms with Gasteiger partial charge >= 0.3 is 0 Å². The third-order valence-electron chi connectivity index (χ3n) is 6.68. The Morgan fingerprint density at radius 3 is 2.50 bits per heavy atom. The lowest BCUT2D eigenvalue weighted by atomic mass is 9.72. The van der Waals surface area contributed by atoms with E-state index in [1.165, 1.54) is 12.8 Å². The Hall–Kier alpha value is -0.0800. The average Bonchev–Trinajstić information content (AvgIpc) is 2.76. The van der Waals surface area contributed by atoms with E-state index in [9.17, 15) is 10.2 Å². The van der Waals surface area contributed by atoms with Gasteiger partial charge in [0.25, 0.3) is 0 Å². The molecule has 104 valence electrons. The Morgan fingerprint density at radius 2 is 1.78 bits per heavy atom. The Bertz CT molecular complexity index is 325. The van der Waals surface area contributed by atoms with Crippen molar-refractivity contribution in [3.63, 3.8) is 0 Å². The first-order valence-electron chi connectivity index (χ1n) is 7.82. The zero-order chi connectivity index (χ0) is 13.1. The molecule has 0 amide bonds. The number of aliphatic hydroxyl groups excluding tert-OH is 1. The fourth-order valence-electron chi connectivity index (χ4n) is 5.58. The molecule has 5 unspecified atom stereocenters. The highest BCUT2D eigenvalue weighted by Gasteiger charge is 2.55. The lowest BCUT2D eigenvalue weighted by Crippen LogP contribution is -2.38. The second kappa shape index (κ2) is 4.21. The van der Waals surface area contributed by atoms with E-state index in [2.05, 4.69) is 20.8 Å². The van der Waals surface area contributed by atoms with Gasteiger partial charge in [0.15, 0.2) is 0 Å². The highest BCUT2D eigenvalue weighted by molar-refractivity contribution is 5.04. The van der Waals surface area contributed by atoms with Crippen molar-refractivity contribution in [1.82, 2.24) is 0 Å². The quantitative estimate of drug-likeness (QED) is 0.696. The third-order valence-corrected chi connectivity index (χ3v) is 6.68. The van der Waals surface area contributed by atoms with Crippen LogP contribution in [-0.4, -0.2) is 21.9 Å². The summed E-state index contributed by atoms with van der Waals surface area (Å²) >= 11 is 0. The number of hydrogen-bond donors (Lipinski definition) is 2. The molecule has 3 saturated carbocycles. The van der Waals surface area contributed by atoms with Gasteiger partial charge in [-0.15, -0.1) is 0 Å². The molecule has 0 heterocycles. The molecule has 0 aromatic heterocycles. The topological polar surface area (TPSA) is 40.5 Å². The van der Waals surface area contributed by atoms with Crippen LogP contribution in [0.5, 0.6) is 0 Å². The predicted octanol–water partition coefficient (Wildman–Crippen LogP) is 2.83. The molecular formula is C16H28O2. The van der Waals surface area contributed by atoms with Gasteiger partial charge in [0.1, 0.15) is 0 Å². The first-order chi connectivity index (χ1) is 8.42. The van der Waals surface area contributed by atoms with Crippen molar-refractivity contribution in [3.8, 4) is 0 Å². The van der Waals surface area contributed by atoms with E-state index in [1.54, 1.807) is 0 Å². The van der Waals surface area contributed by atoms with Crippen LogP contribution in [0.3, 0.4) is 0 Å². The monoisotopic (exact) mass is 252 g/mol. The minimum Gasteiger partial charge on any atom is -0.393 e. The Morgan fingerprint density at radius 1 is 1.06 bits per heavy atom. The summed E-state index contributed by atoms with van der Waals surface area (Å²) in [6.45, 7) is 6.63. The Labute approximate surface area is 111 Å². The number of rotatable bonds is 0. The van der Waals surface area contributed by atoms with E-state index in [4.69, 9.17) is 0 Å². The maximum absolute atomic E-state index is 10.8. The van der Waals surface area contributed by atoms with E-state index >= 15 is 0 Å². The molecule has 8 atom stereocenters. The molecule has 3 rings (SSSR count). The molecule has 0 aromatic carbocycles. The van der Waals surface area contributed by atoms with E-state index < -0.39 is 5.60 Å². The molecule has 0 aliphatic heterocycles. The summed E-state index contributed by atoms with van der Waals surface area (Å²) in [5, 5.41) is 21.0. The fraction of sp³-hybridized carbons (Fsp3) is 1.00. The highest BCUT2D eigenvalue weighted by Crippen LogP contribution is 2.58. The SMILES string of the molecule is CC1CCC2[C@@H]1C1CC(O)[C@H](C)C1CC[C@@]2(C)O. The molecule has 0 aromatic rings. The molecule has 2 N–H and O–H groups in total. The van der Waals surface area contributed by atoms with E-state index in [1.807, 2.05) is 0 Å². The van der Waals surface area contributed by atoms with Crippen LogP contribution in [0.25, 0.3) is 0 Å². The van der Waals surface area contributed by atoms with Gasteiger partial charge in [0.2, 0.25) is 0 Å². The Balaban J connectivity index is 1.94. The Kier molecular flexibility index (Phi) is 3.02. The molecule has 2 nitrogen and oxygen atoms in total. The van der Waals surface area contributed by atoms with Crippen LogP contribution in [0, 0.1) is 35.5 Å². The van der Waals surface area contributed by atoms with Crippen LogP contribution in [-0.2, 0) is 0 Å². The number of fused-ring (bicyclic) bond motifs is 3. The minimum absolute atomic E-state index is 0.100. The van der Waals surface area contributed by atoms with Gasteiger partial charge in [0.05, 0.1) is 11.7 Å². The van der Waals surface area contributed by atoms with Gasteiger partial charge in [-0.05, 0) is 68.1 Å². The average molecular weight is 252 g/mol. The molecule has 0 radical (unpaired) electrons. The summed E-state index contributed by atoms with van der Waals surface area (Å²) in [4.78, 5) is 0. The van der Waals surface area contributed by atoms with Gasteiger partial charge in [-0.2, -0.15) is 0 Å². The van der Waals surface area contributed by atoms with Crippen LogP contribution in [0.4, 0.5) is 0 Å². The zero-order valence-corrected chi connectivity index (χ0v) is 12.0. The van der Waals surface area contributed by atoms with Crippen LogP contribution in [0.2, 0.25) is 0 Å². The van der Waals surface area contributed by atoms with Crippen molar-refractivity contribution in [3.05, 3.63) is 0 Å². The van der Waals surface area contributed by atoms with Gasteiger partial charge in [-0.3, -0.25) is 0 Å². The van der Waals surface area contributed by atoms with E-state index in [-0.39, 0.29) is 6.10 Å². The second-order valence-electron chi connectivity index (χ2n) is 7.62. The molecular weight excluding hydrogens is 224 g/mol. The highest BCUT2D eigenvalue weighted by atomic mass is 16.3. The van der Waals surface area contributed by atoms with Crippen LogP contribution < -0.4 is 0 Å². The standard InChI is InChI=1S/C16H28O2/c1-9-4-5-13-15(9)12-8-14(17)10(2)11(12)6-7-16(13,3)18/h9-15,17-18H,4-8H2,1-3H3/t9?,10-,11?,12?,13?,14?,15+,16-/m1/s1. The normalized spacial score (nSPS) is 60.2. The predicted molar refractivity (Wildman–Crippen MR) is 72.0 cm³/mol. The van der Waals surface area contributed by atoms with Crippen molar-refractivity contribution in [1.29, 1.82) is 0 Å². The molecule has 3 aliphatic carbocycles. The summed E-state index contributed by atoms with van der Waals surface area (Å²) in [6.07, 6.45) is 5.37. The summed E-state index contributed by atoms with van der Waals surface area (Å²) in [5.41, 5.74) is -0.468. The van der Waals surface area contributed by atoms with Gasteiger partial charge < -0.3 is 10.2 Å². The molecule has 0 saturated heterocycles. The molecule has 0 spiro atoms. The van der Waals surface area contributed by atoms with Crippen molar-refractivity contribution in [2.75, 3.05) is 0 Å². The largest absolute Gasteiger partial charge is 0.393 e. The minimum atomic E-state index is -0.468. The number of hydrogen-bond acceptors (Lipinski definition) is 2. The summed E-state index contributed by atoms with van der Waals surface area (Å²) in [5.74, 6) is 3.57. The van der Waals surface area contributed by atoms with E-state index in [0.717, 1.165) is 25.2 Å². The molecule has 3 aliphatic rings. The third kappa shape index (κ3) is 1.76. The van der Waals surface area contributed by atoms with Crippen molar-refractivity contribution in [2.45, 2.75) is 64.6 Å². The van der Waals surface area contributed by atoms with Crippen LogP contribution >= 0.6 is 0 Å². The lowest BCUT2D eigenvalue weighted by molar-refractivity contribution is -0.0294. The second-order valence-corrected chi connectivity index (χ2v) is 7.62. The van der Waals surface area contributed by atoms with Crippen molar-refractivity contribution >= 4 is 0 Å². The first kappa shape index (κ1) is 12.9. The summed E-state index contributed by atoms with van der Waals surface area (Å²) in [7, 11) is 0. The molecule has 3 fully saturated rings. The number of aliphatic hydroxyl groups is 2. The van der Waals surface area contributed by atoms with Gasteiger partial charge in [-0.1, -0.05) is 20.3 Å². The van der Waals surface area contributed by atoms with Crippen LogP contribution in [0.1, 0.15) is 52.9 Å². The molecule has 2 heteroatoms. The maximum atomic E-state index is 10.8. The lowest BCUT2D eigenvalue weighted by Gasteiger charge is -2.36. The van der Waals surface area contributed by atoms with Gasteiger partial charge in [-0.25, -0.2) is 0 Å². The summed E-state index contributed by atoms with van der Waals surface area (Å²) in [6, 6.07) is 0. The maximum Gasteiger partial charge on any atom is 0.0650 e. The van der Waals surface area contributed by atoms with Crippen LogP contribution in [0.15, 0.2) is 0 Å². The fourth-order valence-corrected chi connectivity index (χ4v) is 5.58. The smallest absolute Gasteiger partial charge is 0.0650 e. The summed E-state index contributed by atoms with van der Waals surface area (Å²) < 4.78 is 0. The molecule has 18 heavy (non-hydrogen) atoms. The van der Waals surface area contributed by atoms with Crippen molar-refractivity contribution in [2.24, 2.45) is 35.5 Å².